The average molecular weight is 481 g/mol. The molecule has 3 aliphatic carbocycles. The quantitative estimate of drug-likeness (QED) is 0.333. The predicted octanol–water partition coefficient (Wildman–Crippen LogP) is 4.41. The molecule has 8 rings (SSSR count). The van der Waals surface area contributed by atoms with Crippen LogP contribution in [0.4, 0.5) is 0 Å². The summed E-state index contributed by atoms with van der Waals surface area (Å²) in [7, 11) is 0. The van der Waals surface area contributed by atoms with E-state index in [1.54, 1.807) is 5.57 Å². The van der Waals surface area contributed by atoms with Gasteiger partial charge >= 0.3 is 5.97 Å². The van der Waals surface area contributed by atoms with Gasteiger partial charge in [-0.15, -0.1) is 0 Å². The fraction of sp³-hybridized carbons (Fsp3) is 0.900. The summed E-state index contributed by atoms with van der Waals surface area (Å²) in [6, 6.07) is 1.37. The van der Waals surface area contributed by atoms with E-state index in [1.165, 1.54) is 70.9 Å². The number of hydrogen-bond acceptors (Lipinski definition) is 5. The van der Waals surface area contributed by atoms with E-state index in [1.807, 2.05) is 0 Å². The van der Waals surface area contributed by atoms with E-state index in [9.17, 15) is 4.79 Å². The first kappa shape index (κ1) is 22.1. The van der Waals surface area contributed by atoms with Crippen molar-refractivity contribution in [3.05, 3.63) is 11.6 Å². The van der Waals surface area contributed by atoms with E-state index < -0.39 is 0 Å². The third-order valence-corrected chi connectivity index (χ3v) is 12.3. The highest BCUT2D eigenvalue weighted by Gasteiger charge is 2.65. The van der Waals surface area contributed by atoms with Crippen molar-refractivity contribution in [1.82, 2.24) is 9.80 Å². The molecule has 1 spiro atoms. The molecular weight excluding hydrogens is 436 g/mol. The number of epoxide rings is 1. The first-order valence-electron chi connectivity index (χ1n) is 15.1. The van der Waals surface area contributed by atoms with Gasteiger partial charge in [0.2, 0.25) is 0 Å². The van der Waals surface area contributed by atoms with Crippen molar-refractivity contribution in [2.24, 2.45) is 35.0 Å². The van der Waals surface area contributed by atoms with Gasteiger partial charge in [0.1, 0.15) is 6.10 Å². The van der Waals surface area contributed by atoms with Gasteiger partial charge in [0.25, 0.3) is 0 Å². The second kappa shape index (κ2) is 7.80. The number of fused-ring (bicyclic) bond motifs is 9. The fourth-order valence-electron chi connectivity index (χ4n) is 10.7. The zero-order valence-electron chi connectivity index (χ0n) is 21.6. The summed E-state index contributed by atoms with van der Waals surface area (Å²) in [5, 5.41) is 0. The fourth-order valence-corrected chi connectivity index (χ4v) is 10.7. The van der Waals surface area contributed by atoms with Gasteiger partial charge in [-0.3, -0.25) is 14.6 Å². The summed E-state index contributed by atoms with van der Waals surface area (Å²) in [5.74, 6) is 2.70. The number of rotatable bonds is 2. The molecule has 0 unspecified atom stereocenters. The zero-order chi connectivity index (χ0) is 23.4. The molecule has 7 fully saturated rings. The molecule has 10 atom stereocenters. The van der Waals surface area contributed by atoms with Crippen LogP contribution in [0.2, 0.25) is 0 Å². The number of carbonyl (C=O) groups is 1. The molecule has 192 valence electrons. The van der Waals surface area contributed by atoms with Crippen LogP contribution in [0.5, 0.6) is 0 Å². The monoisotopic (exact) mass is 480 g/mol. The maximum Gasteiger partial charge on any atom is 0.310 e. The Morgan fingerprint density at radius 1 is 1.11 bits per heavy atom. The Labute approximate surface area is 210 Å². The van der Waals surface area contributed by atoms with Crippen LogP contribution >= 0.6 is 0 Å². The van der Waals surface area contributed by atoms with Crippen molar-refractivity contribution in [2.75, 3.05) is 32.8 Å². The van der Waals surface area contributed by atoms with Crippen molar-refractivity contribution in [3.8, 4) is 0 Å². The predicted molar refractivity (Wildman–Crippen MR) is 134 cm³/mol. The number of ether oxygens (including phenoxy) is 2. The molecule has 35 heavy (non-hydrogen) atoms. The van der Waals surface area contributed by atoms with E-state index >= 15 is 0 Å². The molecule has 0 aromatic heterocycles. The first-order valence-corrected chi connectivity index (χ1v) is 15.1. The third kappa shape index (κ3) is 3.32. The lowest BCUT2D eigenvalue weighted by molar-refractivity contribution is -0.147. The highest BCUT2D eigenvalue weighted by Crippen LogP contribution is 2.63. The van der Waals surface area contributed by atoms with E-state index in [0.717, 1.165) is 50.4 Å². The van der Waals surface area contributed by atoms with Gasteiger partial charge in [0.15, 0.2) is 0 Å². The van der Waals surface area contributed by atoms with Gasteiger partial charge in [0, 0.05) is 31.1 Å². The summed E-state index contributed by atoms with van der Waals surface area (Å²) < 4.78 is 12.3. The van der Waals surface area contributed by atoms with Crippen LogP contribution in [-0.4, -0.2) is 72.3 Å². The molecule has 0 amide bonds. The number of nitrogens with zero attached hydrogens (tertiary/aromatic N) is 2. The molecule has 8 aliphatic rings. The van der Waals surface area contributed by atoms with Gasteiger partial charge in [-0.1, -0.05) is 25.0 Å². The topological polar surface area (TPSA) is 45.3 Å². The molecule has 0 aromatic carbocycles. The van der Waals surface area contributed by atoms with Crippen molar-refractivity contribution >= 4 is 5.97 Å². The Kier molecular flexibility index (Phi) is 4.93. The second-order valence-corrected chi connectivity index (χ2v) is 14.1. The maximum atomic E-state index is 13.4. The summed E-state index contributed by atoms with van der Waals surface area (Å²) in [6.07, 6.45) is 16.9. The van der Waals surface area contributed by atoms with Gasteiger partial charge in [0.05, 0.1) is 18.1 Å². The van der Waals surface area contributed by atoms with Crippen LogP contribution in [0.25, 0.3) is 0 Å². The van der Waals surface area contributed by atoms with Crippen LogP contribution in [0, 0.1) is 35.0 Å². The summed E-state index contributed by atoms with van der Waals surface area (Å²) >= 11 is 0. The Morgan fingerprint density at radius 3 is 2.91 bits per heavy atom. The molecule has 5 heteroatoms. The van der Waals surface area contributed by atoms with Gasteiger partial charge in [-0.05, 0) is 100 Å². The number of piperidine rings is 3. The second-order valence-electron chi connectivity index (χ2n) is 14.1. The summed E-state index contributed by atoms with van der Waals surface area (Å²) in [6.45, 7) is 8.07. The Bertz CT molecular complexity index is 929. The molecular formula is C30H44N2O3. The molecule has 5 aliphatic heterocycles. The van der Waals surface area contributed by atoms with E-state index in [2.05, 4.69) is 22.8 Å². The average Bonchev–Trinajstić information content (AvgIpc) is 3.55. The van der Waals surface area contributed by atoms with Crippen LogP contribution in [0.3, 0.4) is 0 Å². The molecule has 0 N–H and O–H groups in total. The normalized spacial score (nSPS) is 53.2. The summed E-state index contributed by atoms with van der Waals surface area (Å²) in [5.41, 5.74) is 2.15. The Morgan fingerprint density at radius 2 is 2.03 bits per heavy atom. The molecule has 0 aromatic rings. The number of hydrogen-bond donors (Lipinski definition) is 0. The Balaban J connectivity index is 1.04. The molecule has 0 radical (unpaired) electrons. The van der Waals surface area contributed by atoms with Crippen molar-refractivity contribution in [2.45, 2.75) is 101 Å². The van der Waals surface area contributed by atoms with E-state index in [0.29, 0.717) is 17.9 Å². The largest absolute Gasteiger partial charge is 0.462 e. The van der Waals surface area contributed by atoms with Crippen molar-refractivity contribution in [3.63, 3.8) is 0 Å². The minimum atomic E-state index is 0.0608. The van der Waals surface area contributed by atoms with Gasteiger partial charge in [-0.2, -0.15) is 0 Å². The lowest BCUT2D eigenvalue weighted by Crippen LogP contribution is -2.60. The molecule has 2 saturated carbocycles. The van der Waals surface area contributed by atoms with Gasteiger partial charge < -0.3 is 9.47 Å². The van der Waals surface area contributed by atoms with Gasteiger partial charge in [-0.25, -0.2) is 0 Å². The molecule has 5 nitrogen and oxygen atoms in total. The van der Waals surface area contributed by atoms with E-state index in [4.69, 9.17) is 9.47 Å². The number of carbonyl (C=O) groups excluding carboxylic acids is 1. The first-order chi connectivity index (χ1) is 17.0. The number of esters is 1. The SMILES string of the molecule is C[C@]12CCC[C@@]3(CO3)[C@@H]1C[C@@H]1[C@H](CN3CCCC4=C[C@H]5C[C@@H](CN6CCCC[C@H]56)[C@@H]43)C(=O)O[C@@H]1C2. The zero-order valence-corrected chi connectivity index (χ0v) is 21.6. The Hall–Kier alpha value is -0.910. The van der Waals surface area contributed by atoms with Crippen molar-refractivity contribution < 1.29 is 14.3 Å². The van der Waals surface area contributed by atoms with E-state index in [-0.39, 0.29) is 29.0 Å². The molecule has 2 bridgehead atoms. The molecule has 5 saturated heterocycles. The highest BCUT2D eigenvalue weighted by atomic mass is 16.6. The van der Waals surface area contributed by atoms with Crippen LogP contribution in [0.15, 0.2) is 11.6 Å². The lowest BCUT2D eigenvalue weighted by atomic mass is 9.53. The highest BCUT2D eigenvalue weighted by molar-refractivity contribution is 5.75. The lowest BCUT2D eigenvalue weighted by Gasteiger charge is -2.55. The van der Waals surface area contributed by atoms with Crippen LogP contribution in [-0.2, 0) is 14.3 Å². The van der Waals surface area contributed by atoms with Crippen LogP contribution < -0.4 is 0 Å². The minimum Gasteiger partial charge on any atom is -0.462 e. The van der Waals surface area contributed by atoms with Crippen LogP contribution in [0.1, 0.15) is 77.6 Å². The summed E-state index contributed by atoms with van der Waals surface area (Å²) in [4.78, 5) is 19.0. The smallest absolute Gasteiger partial charge is 0.310 e. The molecule has 5 heterocycles. The van der Waals surface area contributed by atoms with Crippen molar-refractivity contribution in [1.29, 1.82) is 0 Å². The minimum absolute atomic E-state index is 0.0608. The number of likely N-dealkylation sites (tertiary alicyclic amines) is 1. The standard InChI is InChI=1S/C30H44N2O3/c1-29-8-5-9-30(18-34-30)26(29)14-22-23(28(33)35-25(22)15-29)17-32-11-4-6-19-12-20-13-21(27(19)32)16-31-10-3-2-7-24(20)31/h12,20-27H,2-11,13-18H2,1H3/t20-,21-,22+,23-,24+,25+,26+,27+,29+,30+/m0/s1. The third-order valence-electron chi connectivity index (χ3n) is 12.3. The maximum absolute atomic E-state index is 13.4.